The van der Waals surface area contributed by atoms with E-state index in [-0.39, 0.29) is 11.5 Å². The monoisotopic (exact) mass is 309 g/mol. The number of hydrogen-bond acceptors (Lipinski definition) is 5. The molecule has 0 radical (unpaired) electrons. The summed E-state index contributed by atoms with van der Waals surface area (Å²) in [6, 6.07) is 7.54. The van der Waals surface area contributed by atoms with Gasteiger partial charge >= 0.3 is 0 Å². The molecule has 0 amide bonds. The van der Waals surface area contributed by atoms with Crippen LogP contribution in [0.5, 0.6) is 5.88 Å². The Kier molecular flexibility index (Phi) is 5.37. The van der Waals surface area contributed by atoms with Gasteiger partial charge in [0.25, 0.3) is 0 Å². The quantitative estimate of drug-likeness (QED) is 0.769. The lowest BCUT2D eigenvalue weighted by Crippen LogP contribution is -1.99. The van der Waals surface area contributed by atoms with Crippen LogP contribution in [0.1, 0.15) is 12.5 Å². The number of ether oxygens (including phenoxy) is 1. The standard InChI is InChI=1S/C13H15N3O2S2/c1-3-19-12-6-4-5-11(15-20-17)10(12)9-18-13-7-8-16(2)14-13/h4-8H,3,9H2,1-2H3. The van der Waals surface area contributed by atoms with Crippen LogP contribution in [0.15, 0.2) is 39.7 Å². The molecule has 0 bridgehead atoms. The summed E-state index contributed by atoms with van der Waals surface area (Å²) < 4.78 is 21.9. The fourth-order valence-electron chi connectivity index (χ4n) is 1.73. The second-order valence-corrected chi connectivity index (χ2v) is 5.61. The van der Waals surface area contributed by atoms with Gasteiger partial charge in [0.1, 0.15) is 6.61 Å². The van der Waals surface area contributed by atoms with Crippen molar-refractivity contribution in [3.63, 3.8) is 0 Å². The normalized spacial score (nSPS) is 10.3. The predicted molar refractivity (Wildman–Crippen MR) is 80.6 cm³/mol. The Hall–Kier alpha value is -1.60. The number of rotatable bonds is 6. The van der Waals surface area contributed by atoms with Crippen molar-refractivity contribution in [2.24, 2.45) is 11.4 Å². The molecule has 1 aromatic heterocycles. The molecule has 0 fully saturated rings. The fourth-order valence-corrected chi connectivity index (χ4v) is 2.81. The van der Waals surface area contributed by atoms with Crippen LogP contribution >= 0.6 is 11.8 Å². The molecule has 0 aliphatic rings. The molecule has 0 spiro atoms. The molecule has 5 nitrogen and oxygen atoms in total. The van der Waals surface area contributed by atoms with Gasteiger partial charge in [-0.2, -0.15) is 8.57 Å². The third-order valence-electron chi connectivity index (χ3n) is 2.60. The van der Waals surface area contributed by atoms with Crippen molar-refractivity contribution in [2.45, 2.75) is 18.4 Å². The highest BCUT2D eigenvalue weighted by Crippen LogP contribution is 2.31. The number of nitrogens with zero attached hydrogens (tertiary/aromatic N) is 3. The predicted octanol–water partition coefficient (Wildman–Crippen LogP) is 3.14. The first-order chi connectivity index (χ1) is 9.74. The topological polar surface area (TPSA) is 56.5 Å². The fraction of sp³-hybridized carbons (Fsp3) is 0.308. The van der Waals surface area contributed by atoms with Gasteiger partial charge < -0.3 is 4.74 Å². The van der Waals surface area contributed by atoms with Crippen LogP contribution in [0.3, 0.4) is 0 Å². The molecule has 20 heavy (non-hydrogen) atoms. The van der Waals surface area contributed by atoms with Gasteiger partial charge in [-0.15, -0.1) is 16.9 Å². The van der Waals surface area contributed by atoms with Crippen molar-refractivity contribution in [1.29, 1.82) is 0 Å². The molecule has 0 aliphatic heterocycles. The van der Waals surface area contributed by atoms with Crippen molar-refractivity contribution >= 4 is 28.9 Å². The van der Waals surface area contributed by atoms with Crippen LogP contribution in [-0.4, -0.2) is 19.7 Å². The van der Waals surface area contributed by atoms with Crippen LogP contribution in [0.2, 0.25) is 0 Å². The maximum absolute atomic E-state index is 10.7. The summed E-state index contributed by atoms with van der Waals surface area (Å²) in [6.07, 6.45) is 1.82. The zero-order valence-corrected chi connectivity index (χ0v) is 12.9. The van der Waals surface area contributed by atoms with E-state index in [0.29, 0.717) is 18.2 Å². The highest BCUT2D eigenvalue weighted by atomic mass is 32.2. The molecule has 0 atom stereocenters. The van der Waals surface area contributed by atoms with E-state index in [9.17, 15) is 4.21 Å². The van der Waals surface area contributed by atoms with Crippen LogP contribution in [0.4, 0.5) is 5.69 Å². The molecule has 1 heterocycles. The molecule has 0 saturated carbocycles. The van der Waals surface area contributed by atoms with Crippen molar-refractivity contribution in [2.75, 3.05) is 5.75 Å². The maximum atomic E-state index is 10.7. The van der Waals surface area contributed by atoms with Gasteiger partial charge in [0.15, 0.2) is 0 Å². The summed E-state index contributed by atoms with van der Waals surface area (Å²) in [7, 11) is 1.84. The van der Waals surface area contributed by atoms with Crippen LogP contribution < -0.4 is 4.74 Å². The van der Waals surface area contributed by atoms with Gasteiger partial charge in [-0.25, -0.2) is 0 Å². The minimum Gasteiger partial charge on any atom is -0.472 e. The molecule has 2 aromatic rings. The number of thioether (sulfide) groups is 1. The van der Waals surface area contributed by atoms with Crippen molar-refractivity contribution < 1.29 is 8.95 Å². The Morgan fingerprint density at radius 1 is 1.40 bits per heavy atom. The zero-order chi connectivity index (χ0) is 14.4. The van der Waals surface area contributed by atoms with E-state index >= 15 is 0 Å². The lowest BCUT2D eigenvalue weighted by molar-refractivity contribution is 0.288. The first-order valence-electron chi connectivity index (χ1n) is 6.11. The van der Waals surface area contributed by atoms with E-state index in [1.165, 1.54) is 0 Å². The second-order valence-electron chi connectivity index (χ2n) is 3.97. The summed E-state index contributed by atoms with van der Waals surface area (Å²) in [4.78, 5) is 1.08. The molecular formula is C13H15N3O2S2. The van der Waals surface area contributed by atoms with Gasteiger partial charge in [0.2, 0.25) is 17.3 Å². The summed E-state index contributed by atoms with van der Waals surface area (Å²) in [5, 5.41) is 4.17. The first kappa shape index (κ1) is 14.8. The van der Waals surface area contributed by atoms with Gasteiger partial charge in [-0.3, -0.25) is 4.68 Å². The molecule has 0 saturated heterocycles. The van der Waals surface area contributed by atoms with Crippen molar-refractivity contribution in [3.05, 3.63) is 36.0 Å². The number of benzene rings is 1. The third kappa shape index (κ3) is 3.71. The van der Waals surface area contributed by atoms with Gasteiger partial charge in [0, 0.05) is 29.8 Å². The van der Waals surface area contributed by atoms with E-state index in [4.69, 9.17) is 4.74 Å². The first-order valence-corrected chi connectivity index (χ1v) is 7.80. The molecular weight excluding hydrogens is 294 g/mol. The van der Waals surface area contributed by atoms with Gasteiger partial charge in [-0.05, 0) is 17.9 Å². The third-order valence-corrected chi connectivity index (χ3v) is 3.85. The Labute approximate surface area is 125 Å². The van der Waals surface area contributed by atoms with Gasteiger partial charge in [-0.1, -0.05) is 13.0 Å². The molecule has 0 unspecified atom stereocenters. The highest BCUT2D eigenvalue weighted by Gasteiger charge is 2.10. The average Bonchev–Trinajstić information content (AvgIpc) is 2.84. The molecule has 1 aromatic carbocycles. The summed E-state index contributed by atoms with van der Waals surface area (Å²) >= 11 is 1.92. The lowest BCUT2D eigenvalue weighted by atomic mass is 10.2. The van der Waals surface area contributed by atoms with E-state index in [0.717, 1.165) is 16.2 Å². The summed E-state index contributed by atoms with van der Waals surface area (Å²) in [6.45, 7) is 2.43. The Morgan fingerprint density at radius 3 is 2.90 bits per heavy atom. The Balaban J connectivity index is 2.24. The molecule has 7 heteroatoms. The maximum Gasteiger partial charge on any atom is 0.233 e. The van der Waals surface area contributed by atoms with E-state index in [1.54, 1.807) is 22.5 Å². The van der Waals surface area contributed by atoms with Crippen LogP contribution in [0, 0.1) is 0 Å². The summed E-state index contributed by atoms with van der Waals surface area (Å²) in [5.41, 5.74) is 1.59. The molecule has 2 rings (SSSR count). The van der Waals surface area contributed by atoms with Gasteiger partial charge in [0.05, 0.1) is 5.69 Å². The zero-order valence-electron chi connectivity index (χ0n) is 11.3. The van der Waals surface area contributed by atoms with E-state index in [1.807, 2.05) is 31.4 Å². The highest BCUT2D eigenvalue weighted by molar-refractivity contribution is 7.99. The van der Waals surface area contributed by atoms with Crippen LogP contribution in [-0.2, 0) is 25.1 Å². The average molecular weight is 309 g/mol. The Morgan fingerprint density at radius 2 is 2.25 bits per heavy atom. The molecule has 0 aliphatic carbocycles. The Bertz CT molecular complexity index is 636. The molecule has 0 N–H and O–H groups in total. The minimum atomic E-state index is 0.212. The van der Waals surface area contributed by atoms with E-state index < -0.39 is 0 Å². The molecule has 106 valence electrons. The van der Waals surface area contributed by atoms with Crippen molar-refractivity contribution in [1.82, 2.24) is 9.78 Å². The SMILES string of the molecule is CCSc1cccc(N=S=O)c1COc1ccn(C)n1. The summed E-state index contributed by atoms with van der Waals surface area (Å²) in [5.74, 6) is 1.51. The largest absolute Gasteiger partial charge is 0.472 e. The minimum absolute atomic E-state index is 0.212. The number of aryl methyl sites for hydroxylation is 1. The smallest absolute Gasteiger partial charge is 0.233 e. The number of aromatic nitrogens is 2. The number of hydrogen-bond donors (Lipinski definition) is 0. The van der Waals surface area contributed by atoms with Crippen LogP contribution in [0.25, 0.3) is 0 Å². The second kappa shape index (κ2) is 7.25. The van der Waals surface area contributed by atoms with E-state index in [2.05, 4.69) is 16.4 Å². The lowest BCUT2D eigenvalue weighted by Gasteiger charge is -2.10. The van der Waals surface area contributed by atoms with Crippen molar-refractivity contribution in [3.8, 4) is 5.88 Å².